The van der Waals surface area contributed by atoms with Crippen LogP contribution in [0.4, 0.5) is 0 Å². The Morgan fingerprint density at radius 2 is 2.14 bits per heavy atom. The highest BCUT2D eigenvalue weighted by atomic mass is 79.9. The van der Waals surface area contributed by atoms with E-state index in [-0.39, 0.29) is 11.9 Å². The second-order valence-corrected chi connectivity index (χ2v) is 6.89. The molecule has 2 aliphatic rings. The van der Waals surface area contributed by atoms with Gasteiger partial charge < -0.3 is 10.6 Å². The van der Waals surface area contributed by atoms with Crippen molar-refractivity contribution in [1.29, 1.82) is 0 Å². The van der Waals surface area contributed by atoms with Crippen molar-refractivity contribution in [3.05, 3.63) is 46.4 Å². The van der Waals surface area contributed by atoms with Crippen LogP contribution in [0.2, 0.25) is 0 Å². The first-order chi connectivity index (χ1) is 10.2. The summed E-state index contributed by atoms with van der Waals surface area (Å²) >= 11 is 3.55. The molecule has 2 aromatic carbocycles. The molecule has 2 aliphatic heterocycles. The Bertz CT molecular complexity index is 715. The van der Waals surface area contributed by atoms with Crippen LogP contribution in [0.3, 0.4) is 0 Å². The van der Waals surface area contributed by atoms with Gasteiger partial charge in [-0.2, -0.15) is 0 Å². The Morgan fingerprint density at radius 1 is 1.24 bits per heavy atom. The van der Waals surface area contributed by atoms with E-state index in [0.717, 1.165) is 27.2 Å². The molecule has 2 saturated heterocycles. The van der Waals surface area contributed by atoms with Gasteiger partial charge in [-0.25, -0.2) is 0 Å². The van der Waals surface area contributed by atoms with Crippen LogP contribution in [0, 0.1) is 0 Å². The maximum atomic E-state index is 12.5. The van der Waals surface area contributed by atoms with Crippen LogP contribution in [0.15, 0.2) is 40.9 Å². The molecule has 2 N–H and O–H groups in total. The Kier molecular flexibility index (Phi) is 3.23. The van der Waals surface area contributed by atoms with E-state index in [1.54, 1.807) is 0 Å². The summed E-state index contributed by atoms with van der Waals surface area (Å²) in [6, 6.07) is 13.3. The van der Waals surface area contributed by atoms with Crippen LogP contribution < -0.4 is 10.6 Å². The number of benzene rings is 2. The van der Waals surface area contributed by atoms with Gasteiger partial charge in [0.25, 0.3) is 5.91 Å². The molecule has 0 radical (unpaired) electrons. The molecule has 1 amide bonds. The Hall–Kier alpha value is -1.39. The SMILES string of the molecule is O=C(N[C@@H]1C[C@H]2CC[C@@H]1N2)c1ccc2cccc(Br)c2c1. The van der Waals surface area contributed by atoms with Gasteiger partial charge in [-0.3, -0.25) is 4.79 Å². The molecule has 2 fully saturated rings. The van der Waals surface area contributed by atoms with E-state index in [9.17, 15) is 4.79 Å². The molecule has 108 valence electrons. The molecule has 0 unspecified atom stereocenters. The highest BCUT2D eigenvalue weighted by Crippen LogP contribution is 2.29. The zero-order valence-electron chi connectivity index (χ0n) is 11.6. The molecule has 3 nitrogen and oxygen atoms in total. The Labute approximate surface area is 132 Å². The van der Waals surface area contributed by atoms with Gasteiger partial charge in [0.05, 0.1) is 0 Å². The summed E-state index contributed by atoms with van der Waals surface area (Å²) in [4.78, 5) is 12.5. The Morgan fingerprint density at radius 3 is 2.90 bits per heavy atom. The van der Waals surface area contributed by atoms with Crippen LogP contribution in [0.1, 0.15) is 29.6 Å². The summed E-state index contributed by atoms with van der Waals surface area (Å²) < 4.78 is 1.02. The zero-order chi connectivity index (χ0) is 14.4. The summed E-state index contributed by atoms with van der Waals surface area (Å²) in [7, 11) is 0. The van der Waals surface area contributed by atoms with Gasteiger partial charge in [0, 0.05) is 28.2 Å². The van der Waals surface area contributed by atoms with E-state index in [2.05, 4.69) is 32.6 Å². The molecule has 2 bridgehead atoms. The van der Waals surface area contributed by atoms with Crippen molar-refractivity contribution in [3.8, 4) is 0 Å². The van der Waals surface area contributed by atoms with Crippen molar-refractivity contribution >= 4 is 32.6 Å². The summed E-state index contributed by atoms with van der Waals surface area (Å²) in [5.41, 5.74) is 0.733. The predicted molar refractivity (Wildman–Crippen MR) is 87.5 cm³/mol. The van der Waals surface area contributed by atoms with Crippen LogP contribution in [-0.2, 0) is 0 Å². The van der Waals surface area contributed by atoms with Gasteiger partial charge in [0.1, 0.15) is 0 Å². The van der Waals surface area contributed by atoms with Crippen molar-refractivity contribution in [2.75, 3.05) is 0 Å². The van der Waals surface area contributed by atoms with Crippen LogP contribution in [0.25, 0.3) is 10.8 Å². The smallest absolute Gasteiger partial charge is 0.251 e. The molecule has 2 heterocycles. The molecular weight excluding hydrogens is 328 g/mol. The first kappa shape index (κ1) is 13.3. The normalized spacial score (nSPS) is 27.2. The molecular formula is C17H17BrN2O. The van der Waals surface area contributed by atoms with Crippen molar-refractivity contribution in [2.45, 2.75) is 37.4 Å². The number of nitrogens with one attached hydrogen (secondary N) is 2. The number of amides is 1. The first-order valence-corrected chi connectivity index (χ1v) is 8.25. The van der Waals surface area contributed by atoms with Crippen molar-refractivity contribution < 1.29 is 4.79 Å². The van der Waals surface area contributed by atoms with E-state index in [0.29, 0.717) is 12.1 Å². The lowest BCUT2D eigenvalue weighted by molar-refractivity contribution is 0.0931. The van der Waals surface area contributed by atoms with Crippen LogP contribution in [-0.4, -0.2) is 24.0 Å². The topological polar surface area (TPSA) is 41.1 Å². The third kappa shape index (κ3) is 2.36. The third-order valence-electron chi connectivity index (χ3n) is 4.71. The highest BCUT2D eigenvalue weighted by Gasteiger charge is 2.39. The lowest BCUT2D eigenvalue weighted by Gasteiger charge is -2.21. The monoisotopic (exact) mass is 344 g/mol. The molecule has 2 aromatic rings. The van der Waals surface area contributed by atoms with Gasteiger partial charge in [-0.15, -0.1) is 0 Å². The number of halogens is 1. The minimum absolute atomic E-state index is 0.0343. The number of carbonyl (C=O) groups is 1. The minimum atomic E-state index is 0.0343. The van der Waals surface area contributed by atoms with E-state index < -0.39 is 0 Å². The summed E-state index contributed by atoms with van der Waals surface area (Å²) in [5, 5.41) is 8.97. The van der Waals surface area contributed by atoms with E-state index in [1.807, 2.05) is 30.3 Å². The second kappa shape index (κ2) is 5.11. The maximum absolute atomic E-state index is 12.5. The van der Waals surface area contributed by atoms with Gasteiger partial charge in [-0.1, -0.05) is 34.1 Å². The number of hydrogen-bond donors (Lipinski definition) is 2. The van der Waals surface area contributed by atoms with Crippen LogP contribution in [0.5, 0.6) is 0 Å². The summed E-state index contributed by atoms with van der Waals surface area (Å²) in [6.07, 6.45) is 3.49. The molecule has 3 atom stereocenters. The van der Waals surface area contributed by atoms with Crippen molar-refractivity contribution in [2.24, 2.45) is 0 Å². The quantitative estimate of drug-likeness (QED) is 0.878. The average molecular weight is 345 g/mol. The highest BCUT2D eigenvalue weighted by molar-refractivity contribution is 9.10. The second-order valence-electron chi connectivity index (χ2n) is 6.04. The third-order valence-corrected chi connectivity index (χ3v) is 5.40. The molecule has 4 rings (SSSR count). The molecule has 0 aliphatic carbocycles. The zero-order valence-corrected chi connectivity index (χ0v) is 13.2. The van der Waals surface area contributed by atoms with E-state index >= 15 is 0 Å². The number of carbonyl (C=O) groups excluding carboxylic acids is 1. The average Bonchev–Trinajstić information content (AvgIpc) is 3.10. The molecule has 4 heteroatoms. The fraction of sp³-hybridized carbons (Fsp3) is 0.353. The molecule has 0 saturated carbocycles. The van der Waals surface area contributed by atoms with Gasteiger partial charge in [0.2, 0.25) is 0 Å². The van der Waals surface area contributed by atoms with Gasteiger partial charge in [0.15, 0.2) is 0 Å². The number of rotatable bonds is 2. The van der Waals surface area contributed by atoms with Crippen molar-refractivity contribution in [1.82, 2.24) is 10.6 Å². The molecule has 21 heavy (non-hydrogen) atoms. The number of fused-ring (bicyclic) bond motifs is 3. The maximum Gasteiger partial charge on any atom is 0.251 e. The van der Waals surface area contributed by atoms with E-state index in [4.69, 9.17) is 0 Å². The fourth-order valence-corrected chi connectivity index (χ4v) is 4.11. The van der Waals surface area contributed by atoms with Crippen molar-refractivity contribution in [3.63, 3.8) is 0 Å². The predicted octanol–water partition coefficient (Wildman–Crippen LogP) is 3.23. The fourth-order valence-electron chi connectivity index (χ4n) is 3.61. The first-order valence-electron chi connectivity index (χ1n) is 7.46. The summed E-state index contributed by atoms with van der Waals surface area (Å²) in [6.45, 7) is 0. The number of hydrogen-bond acceptors (Lipinski definition) is 2. The lowest BCUT2D eigenvalue weighted by Crippen LogP contribution is -2.42. The minimum Gasteiger partial charge on any atom is -0.348 e. The van der Waals surface area contributed by atoms with Gasteiger partial charge >= 0.3 is 0 Å². The Balaban J connectivity index is 1.58. The standard InChI is InChI=1S/C17H17BrN2O/c18-14-3-1-2-10-4-5-11(8-13(10)14)17(21)20-16-9-12-6-7-15(16)19-12/h1-5,8,12,15-16,19H,6-7,9H2,(H,20,21)/t12-,15+,16-/m1/s1. The summed E-state index contributed by atoms with van der Waals surface area (Å²) in [5.74, 6) is 0.0343. The van der Waals surface area contributed by atoms with E-state index in [1.165, 1.54) is 12.8 Å². The van der Waals surface area contributed by atoms with Gasteiger partial charge in [-0.05, 0) is 48.2 Å². The molecule has 0 spiro atoms. The molecule has 0 aromatic heterocycles. The largest absolute Gasteiger partial charge is 0.348 e. The lowest BCUT2D eigenvalue weighted by atomic mass is 9.95. The van der Waals surface area contributed by atoms with Crippen LogP contribution >= 0.6 is 15.9 Å².